The molecule has 1 atom stereocenters. The minimum absolute atomic E-state index is 0.0662. The summed E-state index contributed by atoms with van der Waals surface area (Å²) in [7, 11) is 3.70. The van der Waals surface area contributed by atoms with Gasteiger partial charge in [0.15, 0.2) is 0 Å². The van der Waals surface area contributed by atoms with Crippen molar-refractivity contribution in [2.24, 2.45) is 0 Å². The van der Waals surface area contributed by atoms with E-state index < -0.39 is 11.8 Å². The zero-order valence-corrected chi connectivity index (χ0v) is 18.2. The molecule has 1 fully saturated rings. The summed E-state index contributed by atoms with van der Waals surface area (Å²) >= 11 is 0. The molecule has 0 aliphatic carbocycles. The maximum absolute atomic E-state index is 12.5. The highest BCUT2D eigenvalue weighted by Gasteiger charge is 2.27. The minimum atomic E-state index is -0.666. The average Bonchev–Trinajstić information content (AvgIpc) is 3.44. The van der Waals surface area contributed by atoms with E-state index in [9.17, 15) is 9.59 Å². The van der Waals surface area contributed by atoms with Gasteiger partial charge >= 0.3 is 11.8 Å². The first-order chi connectivity index (χ1) is 15.0. The van der Waals surface area contributed by atoms with Crippen molar-refractivity contribution < 1.29 is 14.3 Å². The molecule has 4 rings (SSSR count). The second kappa shape index (κ2) is 9.39. The topological polar surface area (TPSA) is 73.9 Å². The molecular formula is C24H30N4O3. The van der Waals surface area contributed by atoms with Crippen LogP contribution in [-0.2, 0) is 16.0 Å². The number of fused-ring (bicyclic) bond motifs is 1. The molecular weight excluding hydrogens is 392 g/mol. The monoisotopic (exact) mass is 422 g/mol. The van der Waals surface area contributed by atoms with Gasteiger partial charge in [0.05, 0.1) is 13.2 Å². The van der Waals surface area contributed by atoms with Crippen LogP contribution in [0.1, 0.15) is 30.0 Å². The van der Waals surface area contributed by atoms with Gasteiger partial charge in [-0.25, -0.2) is 0 Å². The number of hydrogen-bond donors (Lipinski definition) is 2. The molecule has 2 amide bonds. The number of methoxy groups -OCH3 is 1. The SMILES string of the molecule is COc1ccc(NC(=O)C(=O)NC[C@@H](c2ccc3c(c2)CCN3C)N2CCCC2)cc1. The lowest BCUT2D eigenvalue weighted by molar-refractivity contribution is -0.136. The van der Waals surface area contributed by atoms with Crippen molar-refractivity contribution in [2.75, 3.05) is 50.6 Å². The van der Waals surface area contributed by atoms with Gasteiger partial charge in [0, 0.05) is 31.5 Å². The molecule has 0 saturated carbocycles. The molecule has 0 spiro atoms. The molecule has 7 nitrogen and oxygen atoms in total. The van der Waals surface area contributed by atoms with Crippen molar-refractivity contribution in [1.29, 1.82) is 0 Å². The molecule has 0 aromatic heterocycles. The Labute approximate surface area is 183 Å². The van der Waals surface area contributed by atoms with Crippen LogP contribution in [0.4, 0.5) is 11.4 Å². The maximum atomic E-state index is 12.5. The molecule has 2 N–H and O–H groups in total. The Morgan fingerprint density at radius 1 is 1.03 bits per heavy atom. The fourth-order valence-electron chi connectivity index (χ4n) is 4.44. The lowest BCUT2D eigenvalue weighted by atomic mass is 10.0. The standard InChI is InChI=1S/C24H30N4O3/c1-27-14-11-18-15-17(5-10-21(18)27)22(28-12-3-4-13-28)16-25-23(29)24(30)26-19-6-8-20(31-2)9-7-19/h5-10,15,22H,3-4,11-14,16H2,1-2H3,(H,25,29)(H,26,30)/t22-/m0/s1. The summed E-state index contributed by atoms with van der Waals surface area (Å²) in [6, 6.07) is 13.6. The number of carbonyl (C=O) groups is 2. The van der Waals surface area contributed by atoms with E-state index in [-0.39, 0.29) is 6.04 Å². The van der Waals surface area contributed by atoms with E-state index in [0.29, 0.717) is 18.0 Å². The van der Waals surface area contributed by atoms with E-state index in [0.717, 1.165) is 38.9 Å². The Kier molecular flexibility index (Phi) is 6.42. The number of hydrogen-bond acceptors (Lipinski definition) is 5. The summed E-state index contributed by atoms with van der Waals surface area (Å²) in [6.45, 7) is 3.46. The van der Waals surface area contributed by atoms with Gasteiger partial charge in [-0.15, -0.1) is 0 Å². The largest absolute Gasteiger partial charge is 0.497 e. The van der Waals surface area contributed by atoms with Crippen molar-refractivity contribution >= 4 is 23.2 Å². The highest BCUT2D eigenvalue weighted by atomic mass is 16.5. The van der Waals surface area contributed by atoms with E-state index in [2.05, 4.69) is 45.7 Å². The van der Waals surface area contributed by atoms with E-state index >= 15 is 0 Å². The molecule has 2 aromatic rings. The molecule has 2 aliphatic heterocycles. The third-order valence-corrected chi connectivity index (χ3v) is 6.21. The first-order valence-corrected chi connectivity index (χ1v) is 10.9. The van der Waals surface area contributed by atoms with Gasteiger partial charge in [-0.1, -0.05) is 12.1 Å². The fourth-order valence-corrected chi connectivity index (χ4v) is 4.44. The summed E-state index contributed by atoms with van der Waals surface area (Å²) in [5.74, 6) is -0.599. The number of likely N-dealkylation sites (N-methyl/N-ethyl adjacent to an activating group) is 1. The van der Waals surface area contributed by atoms with Crippen molar-refractivity contribution in [3.63, 3.8) is 0 Å². The van der Waals surface area contributed by atoms with Crippen LogP contribution in [0.15, 0.2) is 42.5 Å². The fraction of sp³-hybridized carbons (Fsp3) is 0.417. The van der Waals surface area contributed by atoms with Crippen molar-refractivity contribution in [3.05, 3.63) is 53.6 Å². The van der Waals surface area contributed by atoms with Crippen molar-refractivity contribution in [2.45, 2.75) is 25.3 Å². The first kappa shape index (κ1) is 21.2. The van der Waals surface area contributed by atoms with E-state index in [1.54, 1.807) is 31.4 Å². The summed E-state index contributed by atoms with van der Waals surface area (Å²) < 4.78 is 5.11. The van der Waals surface area contributed by atoms with Gasteiger partial charge in [-0.05, 0) is 73.8 Å². The first-order valence-electron chi connectivity index (χ1n) is 10.9. The number of rotatable bonds is 6. The molecule has 0 unspecified atom stereocenters. The lowest BCUT2D eigenvalue weighted by Crippen LogP contribution is -2.41. The van der Waals surface area contributed by atoms with Crippen molar-refractivity contribution in [3.8, 4) is 5.75 Å². The normalized spacial score (nSPS) is 16.6. The lowest BCUT2D eigenvalue weighted by Gasteiger charge is -2.28. The highest BCUT2D eigenvalue weighted by molar-refractivity contribution is 6.39. The van der Waals surface area contributed by atoms with Crippen LogP contribution in [-0.4, -0.2) is 57.1 Å². The van der Waals surface area contributed by atoms with E-state index in [4.69, 9.17) is 4.74 Å². The predicted molar refractivity (Wildman–Crippen MR) is 122 cm³/mol. The van der Waals surface area contributed by atoms with Gasteiger partial charge in [-0.3, -0.25) is 14.5 Å². The molecule has 2 aliphatic rings. The zero-order valence-electron chi connectivity index (χ0n) is 18.2. The highest BCUT2D eigenvalue weighted by Crippen LogP contribution is 2.32. The van der Waals surface area contributed by atoms with Crippen LogP contribution in [0.25, 0.3) is 0 Å². The van der Waals surface area contributed by atoms with Gasteiger partial charge in [0.25, 0.3) is 0 Å². The van der Waals surface area contributed by atoms with Crippen molar-refractivity contribution in [1.82, 2.24) is 10.2 Å². The van der Waals surface area contributed by atoms with Gasteiger partial charge < -0.3 is 20.3 Å². The summed E-state index contributed by atoms with van der Waals surface area (Å²) in [6.07, 6.45) is 3.37. The number of amides is 2. The Morgan fingerprint density at radius 3 is 2.48 bits per heavy atom. The number of anilines is 2. The maximum Gasteiger partial charge on any atom is 0.313 e. The Morgan fingerprint density at radius 2 is 1.77 bits per heavy atom. The molecule has 164 valence electrons. The summed E-state index contributed by atoms with van der Waals surface area (Å²) in [4.78, 5) is 29.5. The van der Waals surface area contributed by atoms with Crippen LogP contribution in [0.2, 0.25) is 0 Å². The van der Waals surface area contributed by atoms with Crippen LogP contribution in [0, 0.1) is 0 Å². The van der Waals surface area contributed by atoms with Gasteiger partial charge in [0.2, 0.25) is 0 Å². The number of carbonyl (C=O) groups excluding carboxylic acids is 2. The van der Waals surface area contributed by atoms with Crippen LogP contribution in [0.3, 0.4) is 0 Å². The number of nitrogens with zero attached hydrogens (tertiary/aromatic N) is 2. The summed E-state index contributed by atoms with van der Waals surface area (Å²) in [5.41, 5.74) is 4.39. The average molecular weight is 423 g/mol. The molecule has 0 radical (unpaired) electrons. The van der Waals surface area contributed by atoms with Crippen LogP contribution < -0.4 is 20.3 Å². The second-order valence-corrected chi connectivity index (χ2v) is 8.21. The Hall–Kier alpha value is -3.06. The third-order valence-electron chi connectivity index (χ3n) is 6.21. The molecule has 2 heterocycles. The number of ether oxygens (including phenoxy) is 1. The quantitative estimate of drug-likeness (QED) is 0.700. The molecule has 0 bridgehead atoms. The molecule has 1 saturated heterocycles. The van der Waals surface area contributed by atoms with Gasteiger partial charge in [-0.2, -0.15) is 0 Å². The number of likely N-dealkylation sites (tertiary alicyclic amines) is 1. The van der Waals surface area contributed by atoms with Crippen LogP contribution >= 0.6 is 0 Å². The second-order valence-electron chi connectivity index (χ2n) is 8.21. The predicted octanol–water partition coefficient (Wildman–Crippen LogP) is 2.58. The number of nitrogens with one attached hydrogen (secondary N) is 2. The van der Waals surface area contributed by atoms with Gasteiger partial charge in [0.1, 0.15) is 5.75 Å². The Balaban J connectivity index is 1.41. The smallest absolute Gasteiger partial charge is 0.313 e. The van der Waals surface area contributed by atoms with E-state index in [1.807, 2.05) is 0 Å². The molecule has 31 heavy (non-hydrogen) atoms. The molecule has 7 heteroatoms. The zero-order chi connectivity index (χ0) is 21.8. The van der Waals surface area contributed by atoms with Crippen LogP contribution in [0.5, 0.6) is 5.75 Å². The molecule has 2 aromatic carbocycles. The number of benzene rings is 2. The summed E-state index contributed by atoms with van der Waals surface area (Å²) in [5, 5.41) is 5.49. The Bertz CT molecular complexity index is 938. The van der Waals surface area contributed by atoms with E-state index in [1.165, 1.54) is 16.8 Å². The third kappa shape index (κ3) is 4.82. The minimum Gasteiger partial charge on any atom is -0.497 e.